The Hall–Kier alpha value is -1.62. The number of aliphatic hydroxyl groups is 1. The Morgan fingerprint density at radius 3 is 2.88 bits per heavy atom. The lowest BCUT2D eigenvalue weighted by Crippen LogP contribution is -2.26. The maximum atomic E-state index is 9.29. The van der Waals surface area contributed by atoms with Crippen LogP contribution in [0.1, 0.15) is 20.3 Å². The first-order valence-corrected chi connectivity index (χ1v) is 5.88. The Kier molecular flexibility index (Phi) is 3.58. The minimum atomic E-state index is 0.00686. The average molecular weight is 234 g/mol. The molecule has 1 atom stereocenters. The van der Waals surface area contributed by atoms with Gasteiger partial charge in [0, 0.05) is 6.20 Å². The summed E-state index contributed by atoms with van der Waals surface area (Å²) in [5, 5.41) is 16.7. The van der Waals surface area contributed by atoms with Gasteiger partial charge in [-0.15, -0.1) is 5.10 Å². The number of anilines is 1. The van der Waals surface area contributed by atoms with Crippen molar-refractivity contribution in [3.63, 3.8) is 0 Å². The number of rotatable bonds is 5. The van der Waals surface area contributed by atoms with Crippen LogP contribution in [0, 0.1) is 5.92 Å². The van der Waals surface area contributed by atoms with E-state index in [0.717, 1.165) is 12.1 Å². The molecule has 0 aliphatic carbocycles. The molecule has 5 heteroatoms. The van der Waals surface area contributed by atoms with Gasteiger partial charge < -0.3 is 10.4 Å². The Bertz CT molecular complexity index is 447. The first-order chi connectivity index (χ1) is 8.19. The zero-order valence-electron chi connectivity index (χ0n) is 10.2. The van der Waals surface area contributed by atoms with Crippen molar-refractivity contribution in [2.45, 2.75) is 26.3 Å². The van der Waals surface area contributed by atoms with Gasteiger partial charge in [0.15, 0.2) is 5.65 Å². The van der Waals surface area contributed by atoms with Crippen LogP contribution in [-0.2, 0) is 0 Å². The molecular formula is C12H18N4O. The van der Waals surface area contributed by atoms with E-state index in [1.54, 1.807) is 4.52 Å². The highest BCUT2D eigenvalue weighted by atomic mass is 16.3. The van der Waals surface area contributed by atoms with E-state index in [4.69, 9.17) is 0 Å². The summed E-state index contributed by atoms with van der Waals surface area (Å²) >= 11 is 0. The van der Waals surface area contributed by atoms with Gasteiger partial charge in [-0.25, -0.2) is 4.52 Å². The summed E-state index contributed by atoms with van der Waals surface area (Å²) in [6, 6.07) is 5.73. The van der Waals surface area contributed by atoms with E-state index in [-0.39, 0.29) is 12.6 Å². The van der Waals surface area contributed by atoms with Crippen molar-refractivity contribution < 1.29 is 5.11 Å². The molecule has 2 heterocycles. The van der Waals surface area contributed by atoms with Crippen molar-refractivity contribution in [1.82, 2.24) is 14.6 Å². The predicted octanol–water partition coefficient (Wildman–Crippen LogP) is 1.55. The Morgan fingerprint density at radius 2 is 2.24 bits per heavy atom. The van der Waals surface area contributed by atoms with Gasteiger partial charge in [0.2, 0.25) is 5.95 Å². The Labute approximate surface area is 100 Å². The summed E-state index contributed by atoms with van der Waals surface area (Å²) in [6.07, 6.45) is 2.75. The normalized spacial score (nSPS) is 13.2. The number of pyridine rings is 1. The minimum Gasteiger partial charge on any atom is -0.394 e. The highest BCUT2D eigenvalue weighted by Gasteiger charge is 2.12. The van der Waals surface area contributed by atoms with Gasteiger partial charge in [0.05, 0.1) is 12.6 Å². The lowest BCUT2D eigenvalue weighted by molar-refractivity contribution is 0.259. The number of aromatic nitrogens is 3. The summed E-state index contributed by atoms with van der Waals surface area (Å²) in [6.45, 7) is 4.34. The monoisotopic (exact) mass is 234 g/mol. The number of aliphatic hydroxyl groups excluding tert-OH is 1. The van der Waals surface area contributed by atoms with Crippen LogP contribution >= 0.6 is 0 Å². The Morgan fingerprint density at radius 1 is 1.41 bits per heavy atom. The van der Waals surface area contributed by atoms with Gasteiger partial charge in [-0.05, 0) is 24.5 Å². The third-order valence-corrected chi connectivity index (χ3v) is 2.55. The first-order valence-electron chi connectivity index (χ1n) is 5.88. The fraction of sp³-hybridized carbons (Fsp3) is 0.500. The van der Waals surface area contributed by atoms with Crippen molar-refractivity contribution in [2.75, 3.05) is 11.9 Å². The maximum Gasteiger partial charge on any atom is 0.243 e. The molecule has 2 rings (SSSR count). The molecule has 0 aliphatic heterocycles. The second-order valence-electron chi connectivity index (χ2n) is 4.59. The summed E-state index contributed by atoms with van der Waals surface area (Å²) in [5.41, 5.74) is 0.802. The minimum absolute atomic E-state index is 0.00686. The van der Waals surface area contributed by atoms with Crippen LogP contribution in [0.2, 0.25) is 0 Å². The highest BCUT2D eigenvalue weighted by Crippen LogP contribution is 2.10. The molecule has 0 spiro atoms. The fourth-order valence-corrected chi connectivity index (χ4v) is 1.82. The topological polar surface area (TPSA) is 62.5 Å². The van der Waals surface area contributed by atoms with Crippen molar-refractivity contribution >= 4 is 11.6 Å². The quantitative estimate of drug-likeness (QED) is 0.824. The summed E-state index contributed by atoms with van der Waals surface area (Å²) in [7, 11) is 0. The molecule has 17 heavy (non-hydrogen) atoms. The molecule has 2 N–H and O–H groups in total. The first kappa shape index (κ1) is 11.9. The third kappa shape index (κ3) is 2.94. The van der Waals surface area contributed by atoms with E-state index in [0.29, 0.717) is 11.9 Å². The maximum absolute atomic E-state index is 9.29. The highest BCUT2D eigenvalue weighted by molar-refractivity contribution is 5.43. The SMILES string of the molecule is CC(C)CC(CO)Nc1nc2ccccn2n1. The van der Waals surface area contributed by atoms with E-state index in [1.165, 1.54) is 0 Å². The molecule has 0 radical (unpaired) electrons. The summed E-state index contributed by atoms with van der Waals surface area (Å²) < 4.78 is 1.71. The van der Waals surface area contributed by atoms with Crippen molar-refractivity contribution in [3.05, 3.63) is 24.4 Å². The van der Waals surface area contributed by atoms with E-state index >= 15 is 0 Å². The second kappa shape index (κ2) is 5.14. The Balaban J connectivity index is 2.11. The van der Waals surface area contributed by atoms with Crippen molar-refractivity contribution in [2.24, 2.45) is 5.92 Å². The van der Waals surface area contributed by atoms with Gasteiger partial charge in [0.25, 0.3) is 0 Å². The number of nitrogens with zero attached hydrogens (tertiary/aromatic N) is 3. The zero-order valence-corrected chi connectivity index (χ0v) is 10.2. The molecule has 0 amide bonds. The largest absolute Gasteiger partial charge is 0.394 e. The number of fused-ring (bicyclic) bond motifs is 1. The summed E-state index contributed by atoms with van der Waals surface area (Å²) in [4.78, 5) is 4.34. The molecule has 1 unspecified atom stereocenters. The smallest absolute Gasteiger partial charge is 0.243 e. The van der Waals surface area contributed by atoms with Crippen LogP contribution in [0.15, 0.2) is 24.4 Å². The van der Waals surface area contributed by atoms with E-state index in [2.05, 4.69) is 29.2 Å². The van der Waals surface area contributed by atoms with Crippen LogP contribution in [0.4, 0.5) is 5.95 Å². The van der Waals surface area contributed by atoms with Crippen LogP contribution < -0.4 is 5.32 Å². The third-order valence-electron chi connectivity index (χ3n) is 2.55. The predicted molar refractivity (Wildman–Crippen MR) is 66.9 cm³/mol. The molecule has 0 bridgehead atoms. The molecule has 92 valence electrons. The van der Waals surface area contributed by atoms with Gasteiger partial charge in [-0.3, -0.25) is 0 Å². The molecule has 0 saturated carbocycles. The zero-order chi connectivity index (χ0) is 12.3. The lowest BCUT2D eigenvalue weighted by atomic mass is 10.0. The number of hydrogen-bond donors (Lipinski definition) is 2. The fourth-order valence-electron chi connectivity index (χ4n) is 1.82. The molecule has 2 aromatic rings. The standard InChI is InChI=1S/C12H18N4O/c1-9(2)7-10(8-17)13-12-14-11-5-3-4-6-16(11)15-12/h3-6,9-10,17H,7-8H2,1-2H3,(H,13,15). The van der Waals surface area contributed by atoms with Gasteiger partial charge in [-0.2, -0.15) is 4.98 Å². The molecule has 0 fully saturated rings. The average Bonchev–Trinajstić information content (AvgIpc) is 2.69. The van der Waals surface area contributed by atoms with E-state index in [1.807, 2.05) is 24.4 Å². The van der Waals surface area contributed by atoms with Crippen molar-refractivity contribution in [1.29, 1.82) is 0 Å². The molecule has 0 aliphatic rings. The molecule has 2 aromatic heterocycles. The molecule has 5 nitrogen and oxygen atoms in total. The van der Waals surface area contributed by atoms with Crippen LogP contribution in [0.5, 0.6) is 0 Å². The number of nitrogens with one attached hydrogen (secondary N) is 1. The van der Waals surface area contributed by atoms with Gasteiger partial charge in [-0.1, -0.05) is 19.9 Å². The molecular weight excluding hydrogens is 216 g/mol. The van der Waals surface area contributed by atoms with Gasteiger partial charge >= 0.3 is 0 Å². The van der Waals surface area contributed by atoms with Crippen molar-refractivity contribution in [3.8, 4) is 0 Å². The lowest BCUT2D eigenvalue weighted by Gasteiger charge is -2.16. The summed E-state index contributed by atoms with van der Waals surface area (Å²) in [5.74, 6) is 1.09. The second-order valence-corrected chi connectivity index (χ2v) is 4.59. The van der Waals surface area contributed by atoms with Crippen LogP contribution in [-0.4, -0.2) is 32.4 Å². The van der Waals surface area contributed by atoms with E-state index < -0.39 is 0 Å². The van der Waals surface area contributed by atoms with Crippen LogP contribution in [0.3, 0.4) is 0 Å². The molecule has 0 saturated heterocycles. The van der Waals surface area contributed by atoms with Crippen LogP contribution in [0.25, 0.3) is 5.65 Å². The molecule has 0 aromatic carbocycles. The van der Waals surface area contributed by atoms with Gasteiger partial charge in [0.1, 0.15) is 0 Å². The van der Waals surface area contributed by atoms with E-state index in [9.17, 15) is 5.11 Å². The number of hydrogen-bond acceptors (Lipinski definition) is 4.